The Hall–Kier alpha value is -4.10. The quantitative estimate of drug-likeness (QED) is 0.209. The molecular formula is C39H37N. The highest BCUT2D eigenvalue weighted by molar-refractivity contribution is 5.90. The number of rotatable bonds is 1. The van der Waals surface area contributed by atoms with Gasteiger partial charge >= 0.3 is 0 Å². The van der Waals surface area contributed by atoms with Gasteiger partial charge in [-0.25, -0.2) is 0 Å². The molecule has 0 radical (unpaired) electrons. The van der Waals surface area contributed by atoms with Gasteiger partial charge in [0.05, 0.1) is 16.8 Å². The van der Waals surface area contributed by atoms with Crippen molar-refractivity contribution in [3.63, 3.8) is 0 Å². The normalized spacial score (nSPS) is 16.1. The van der Waals surface area contributed by atoms with Crippen LogP contribution in [0.15, 0.2) is 115 Å². The van der Waals surface area contributed by atoms with E-state index in [1.54, 1.807) is 0 Å². The lowest BCUT2D eigenvalue weighted by molar-refractivity contribution is 0.553. The molecule has 7 rings (SSSR count). The first-order valence-electron chi connectivity index (χ1n) is 14.5. The van der Waals surface area contributed by atoms with Crippen molar-refractivity contribution < 1.29 is 0 Å². The van der Waals surface area contributed by atoms with E-state index in [1.165, 1.54) is 61.6 Å². The summed E-state index contributed by atoms with van der Waals surface area (Å²) in [7, 11) is 0. The molecule has 0 saturated heterocycles. The highest BCUT2D eigenvalue weighted by atomic mass is 15.2. The number of para-hydroxylation sites is 2. The third-order valence-corrected chi connectivity index (χ3v) is 9.40. The minimum absolute atomic E-state index is 0.105. The average molecular weight is 520 g/mol. The van der Waals surface area contributed by atoms with Crippen molar-refractivity contribution in [2.45, 2.75) is 57.8 Å². The molecule has 0 fully saturated rings. The van der Waals surface area contributed by atoms with Gasteiger partial charge in [-0.1, -0.05) is 126 Å². The zero-order valence-electron chi connectivity index (χ0n) is 24.4. The monoisotopic (exact) mass is 519 g/mol. The number of hydrogen-bond acceptors (Lipinski definition) is 1. The lowest BCUT2D eigenvalue weighted by Gasteiger charge is -2.52. The first-order chi connectivity index (χ1) is 19.2. The Kier molecular flexibility index (Phi) is 5.26. The fourth-order valence-corrected chi connectivity index (χ4v) is 7.66. The maximum atomic E-state index is 2.47. The van der Waals surface area contributed by atoms with Crippen LogP contribution in [0.4, 0.5) is 17.1 Å². The molecule has 0 unspecified atom stereocenters. The molecule has 1 aliphatic carbocycles. The van der Waals surface area contributed by atoms with E-state index in [1.807, 2.05) is 0 Å². The Morgan fingerprint density at radius 2 is 1.02 bits per heavy atom. The summed E-state index contributed by atoms with van der Waals surface area (Å²) >= 11 is 0. The second kappa shape index (κ2) is 8.45. The van der Waals surface area contributed by atoms with Crippen molar-refractivity contribution >= 4 is 17.1 Å². The molecule has 0 aromatic heterocycles. The number of anilines is 3. The Morgan fingerprint density at radius 1 is 0.525 bits per heavy atom. The zero-order chi connectivity index (χ0) is 27.9. The number of fused-ring (bicyclic) bond motifs is 8. The van der Waals surface area contributed by atoms with Gasteiger partial charge in [0.25, 0.3) is 0 Å². The van der Waals surface area contributed by atoms with Crippen LogP contribution < -0.4 is 4.90 Å². The van der Waals surface area contributed by atoms with Crippen molar-refractivity contribution in [3.05, 3.63) is 160 Å². The third-order valence-electron chi connectivity index (χ3n) is 9.40. The second-order valence-electron chi connectivity index (χ2n) is 13.1. The number of benzene rings is 5. The molecule has 0 atom stereocenters. The molecular weight excluding hydrogens is 482 g/mol. The molecule has 0 amide bonds. The molecule has 0 bridgehead atoms. The fourth-order valence-electron chi connectivity index (χ4n) is 7.66. The minimum atomic E-state index is -0.414. The largest absolute Gasteiger partial charge is 0.310 e. The topological polar surface area (TPSA) is 3.24 Å². The predicted octanol–water partition coefficient (Wildman–Crippen LogP) is 10.1. The summed E-state index contributed by atoms with van der Waals surface area (Å²) in [5.74, 6) is 0. The van der Waals surface area contributed by atoms with Crippen molar-refractivity contribution in [2.75, 3.05) is 4.90 Å². The van der Waals surface area contributed by atoms with Crippen LogP contribution in [0.2, 0.25) is 0 Å². The van der Waals surface area contributed by atoms with Crippen LogP contribution in [0.5, 0.6) is 0 Å². The number of aryl methyl sites for hydroxylation is 1. The van der Waals surface area contributed by atoms with Crippen molar-refractivity contribution in [1.82, 2.24) is 0 Å². The number of hydrogen-bond donors (Lipinski definition) is 0. The van der Waals surface area contributed by atoms with Gasteiger partial charge in [0.2, 0.25) is 0 Å². The molecule has 1 heteroatoms. The van der Waals surface area contributed by atoms with E-state index in [0.29, 0.717) is 0 Å². The molecule has 5 aromatic rings. The van der Waals surface area contributed by atoms with Crippen LogP contribution in [0.25, 0.3) is 0 Å². The van der Waals surface area contributed by atoms with Crippen LogP contribution in [0.3, 0.4) is 0 Å². The van der Waals surface area contributed by atoms with Gasteiger partial charge < -0.3 is 4.90 Å². The summed E-state index contributed by atoms with van der Waals surface area (Å²) in [5, 5.41) is 0. The van der Waals surface area contributed by atoms with Gasteiger partial charge in [-0.05, 0) is 81.1 Å². The number of nitrogens with zero attached hydrogens (tertiary/aromatic N) is 1. The van der Waals surface area contributed by atoms with E-state index in [0.717, 1.165) is 0 Å². The molecule has 198 valence electrons. The highest BCUT2D eigenvalue weighted by Crippen LogP contribution is 2.63. The van der Waals surface area contributed by atoms with E-state index in [2.05, 4.69) is 162 Å². The van der Waals surface area contributed by atoms with E-state index in [9.17, 15) is 0 Å². The zero-order valence-corrected chi connectivity index (χ0v) is 24.4. The summed E-state index contributed by atoms with van der Waals surface area (Å²) in [6.07, 6.45) is 0. The highest BCUT2D eigenvalue weighted by Gasteiger charge is 2.53. The molecule has 1 heterocycles. The van der Waals surface area contributed by atoms with E-state index >= 15 is 0 Å². The smallest absolute Gasteiger partial charge is 0.0748 e. The van der Waals surface area contributed by atoms with Crippen molar-refractivity contribution in [3.8, 4) is 0 Å². The van der Waals surface area contributed by atoms with Gasteiger partial charge in [0.1, 0.15) is 0 Å². The van der Waals surface area contributed by atoms with E-state index in [4.69, 9.17) is 0 Å². The average Bonchev–Trinajstić information content (AvgIpc) is 2.95. The maximum absolute atomic E-state index is 2.47. The minimum Gasteiger partial charge on any atom is -0.310 e. The van der Waals surface area contributed by atoms with Crippen LogP contribution in [0.1, 0.15) is 79.1 Å². The van der Waals surface area contributed by atoms with Crippen LogP contribution in [-0.2, 0) is 16.2 Å². The van der Waals surface area contributed by atoms with E-state index in [-0.39, 0.29) is 10.8 Å². The summed E-state index contributed by atoms with van der Waals surface area (Å²) in [4.78, 5) is 2.47. The Labute approximate surface area is 239 Å². The summed E-state index contributed by atoms with van der Waals surface area (Å²) < 4.78 is 0. The molecule has 0 N–H and O–H groups in total. The SMILES string of the molecule is Cc1cccc2c1C(C)(C)c1ccccc1C21c2ccccc2N(c2ccc(C(C)(C)C)cc2)c2ccccc21. The van der Waals surface area contributed by atoms with E-state index < -0.39 is 5.41 Å². The maximum Gasteiger partial charge on any atom is 0.0748 e. The Bertz CT molecular complexity index is 1720. The molecule has 0 saturated carbocycles. The van der Waals surface area contributed by atoms with Crippen molar-refractivity contribution in [1.29, 1.82) is 0 Å². The summed E-state index contributed by atoms with van der Waals surface area (Å²) in [6, 6.07) is 43.4. The Morgan fingerprint density at radius 3 is 1.60 bits per heavy atom. The fraction of sp³-hybridized carbons (Fsp3) is 0.231. The van der Waals surface area contributed by atoms with Crippen molar-refractivity contribution in [2.24, 2.45) is 0 Å². The molecule has 5 aromatic carbocycles. The first-order valence-corrected chi connectivity index (χ1v) is 14.5. The standard InChI is InChI=1S/C39H37N/c1-26-14-13-19-33-36(26)38(5,6)29-15-7-8-16-30(29)39(33)31-17-9-11-20-34(31)40(35-21-12-10-18-32(35)39)28-24-22-27(23-25-28)37(2,3)4/h7-25H,1-6H3. The van der Waals surface area contributed by atoms with Crippen LogP contribution in [0, 0.1) is 6.92 Å². The summed E-state index contributed by atoms with van der Waals surface area (Å²) in [5.41, 5.74) is 14.3. The van der Waals surface area contributed by atoms with Gasteiger partial charge in [-0.3, -0.25) is 0 Å². The lowest BCUT2D eigenvalue weighted by Crippen LogP contribution is -2.45. The molecule has 1 nitrogen and oxygen atoms in total. The van der Waals surface area contributed by atoms with Gasteiger partial charge in [0.15, 0.2) is 0 Å². The second-order valence-corrected chi connectivity index (χ2v) is 13.1. The lowest BCUT2D eigenvalue weighted by atomic mass is 9.52. The molecule has 1 spiro atoms. The van der Waals surface area contributed by atoms with Crippen LogP contribution >= 0.6 is 0 Å². The molecule has 40 heavy (non-hydrogen) atoms. The van der Waals surface area contributed by atoms with Gasteiger partial charge in [0, 0.05) is 11.1 Å². The summed E-state index contributed by atoms with van der Waals surface area (Å²) in [6.45, 7) is 13.9. The van der Waals surface area contributed by atoms with Crippen LogP contribution in [-0.4, -0.2) is 0 Å². The predicted molar refractivity (Wildman–Crippen MR) is 169 cm³/mol. The van der Waals surface area contributed by atoms with Gasteiger partial charge in [-0.15, -0.1) is 0 Å². The van der Waals surface area contributed by atoms with Gasteiger partial charge in [-0.2, -0.15) is 0 Å². The first kappa shape index (κ1) is 24.9. The molecule has 1 aliphatic heterocycles. The molecule has 2 aliphatic rings. The third kappa shape index (κ3) is 3.21. The Balaban J connectivity index is 1.61.